The first-order valence-electron chi connectivity index (χ1n) is 15.3. The fourth-order valence-electron chi connectivity index (χ4n) is 6.61. The summed E-state index contributed by atoms with van der Waals surface area (Å²) in [5, 5.41) is 22.5. The number of anilines is 2. The summed E-state index contributed by atoms with van der Waals surface area (Å²) in [6, 6.07) is 22.8. The van der Waals surface area contributed by atoms with Gasteiger partial charge in [-0.3, -0.25) is 9.78 Å². The molecule has 0 saturated carbocycles. The highest BCUT2D eigenvalue weighted by Gasteiger charge is 2.35. The molecule has 0 aliphatic carbocycles. The molecular weight excluding hydrogens is 562 g/mol. The molecule has 1 saturated heterocycles. The van der Waals surface area contributed by atoms with E-state index in [0.29, 0.717) is 57.1 Å². The molecule has 2 aliphatic heterocycles. The van der Waals surface area contributed by atoms with Gasteiger partial charge in [0.25, 0.3) is 0 Å². The van der Waals surface area contributed by atoms with Crippen molar-refractivity contribution in [2.45, 2.75) is 38.8 Å². The predicted molar refractivity (Wildman–Crippen MR) is 174 cm³/mol. The van der Waals surface area contributed by atoms with E-state index in [0.717, 1.165) is 34.9 Å². The molecule has 226 valence electrons. The van der Waals surface area contributed by atoms with Crippen molar-refractivity contribution in [1.82, 2.24) is 14.9 Å². The minimum atomic E-state index is -0.322. The topological polar surface area (TPSA) is 109 Å². The van der Waals surface area contributed by atoms with Gasteiger partial charge < -0.3 is 19.4 Å². The van der Waals surface area contributed by atoms with Crippen LogP contribution >= 0.6 is 0 Å². The van der Waals surface area contributed by atoms with Crippen molar-refractivity contribution in [2.75, 3.05) is 42.6 Å². The molecule has 1 amide bonds. The largest absolute Gasteiger partial charge is 0.476 e. The Morgan fingerprint density at radius 2 is 1.93 bits per heavy atom. The number of nitriles is 2. The summed E-state index contributed by atoms with van der Waals surface area (Å²) in [6.07, 6.45) is 4.51. The Morgan fingerprint density at radius 3 is 2.69 bits per heavy atom. The van der Waals surface area contributed by atoms with E-state index < -0.39 is 0 Å². The molecule has 0 bridgehead atoms. The van der Waals surface area contributed by atoms with Crippen molar-refractivity contribution < 1.29 is 9.53 Å². The quantitative estimate of drug-likeness (QED) is 0.258. The van der Waals surface area contributed by atoms with E-state index in [4.69, 9.17) is 9.72 Å². The van der Waals surface area contributed by atoms with Crippen LogP contribution in [-0.2, 0) is 24.2 Å². The van der Waals surface area contributed by atoms with E-state index in [2.05, 4.69) is 76.8 Å². The van der Waals surface area contributed by atoms with Crippen molar-refractivity contribution >= 4 is 28.1 Å². The monoisotopic (exact) mass is 597 g/mol. The summed E-state index contributed by atoms with van der Waals surface area (Å²) in [5.74, 6) is 0.117. The van der Waals surface area contributed by atoms with Gasteiger partial charge in [-0.15, -0.1) is 0 Å². The number of piperazine rings is 1. The molecule has 2 aliphatic rings. The van der Waals surface area contributed by atoms with Crippen LogP contribution in [0.25, 0.3) is 10.8 Å². The number of fused-ring (bicyclic) bond motifs is 2. The van der Waals surface area contributed by atoms with Gasteiger partial charge >= 0.3 is 0 Å². The van der Waals surface area contributed by atoms with Gasteiger partial charge in [-0.05, 0) is 48.6 Å². The Bertz CT molecular complexity index is 1820. The second kappa shape index (κ2) is 13.1. The Balaban J connectivity index is 1.39. The predicted octanol–water partition coefficient (Wildman–Crippen LogP) is 5.11. The molecule has 1 atom stereocenters. The van der Waals surface area contributed by atoms with Gasteiger partial charge in [-0.2, -0.15) is 10.5 Å². The zero-order chi connectivity index (χ0) is 31.3. The molecule has 9 heteroatoms. The van der Waals surface area contributed by atoms with Crippen molar-refractivity contribution in [3.63, 3.8) is 0 Å². The van der Waals surface area contributed by atoms with Crippen molar-refractivity contribution in [3.05, 3.63) is 102 Å². The number of benzene rings is 2. The summed E-state index contributed by atoms with van der Waals surface area (Å²) in [7, 11) is 0. The number of ether oxygens (including phenoxy) is 1. The molecule has 0 spiro atoms. The van der Waals surface area contributed by atoms with Crippen LogP contribution in [-0.4, -0.2) is 59.6 Å². The molecule has 45 heavy (non-hydrogen) atoms. The molecule has 2 aromatic carbocycles. The van der Waals surface area contributed by atoms with Crippen LogP contribution < -0.4 is 14.5 Å². The number of carbonyl (C=O) groups is 1. The molecule has 4 heterocycles. The zero-order valence-corrected chi connectivity index (χ0v) is 25.4. The second-order valence-electron chi connectivity index (χ2n) is 11.4. The van der Waals surface area contributed by atoms with Gasteiger partial charge in [0.15, 0.2) is 0 Å². The van der Waals surface area contributed by atoms with Gasteiger partial charge in [0.05, 0.1) is 43.1 Å². The highest BCUT2D eigenvalue weighted by atomic mass is 16.5. The lowest BCUT2D eigenvalue weighted by molar-refractivity contribution is -0.128. The van der Waals surface area contributed by atoms with E-state index in [1.165, 1.54) is 22.4 Å². The Kier molecular flexibility index (Phi) is 8.61. The van der Waals surface area contributed by atoms with Crippen LogP contribution in [0.4, 0.5) is 11.4 Å². The lowest BCUT2D eigenvalue weighted by Gasteiger charge is -2.43. The SMILES string of the molecule is C=CC(=O)N1CCN(c2c(C#N)c(OCCc3ccccn3)nc3c2CCN(c2cccc4cccc(C)c24)C3)CC1CC#N. The maximum absolute atomic E-state index is 12.6. The number of hydrogen-bond acceptors (Lipinski definition) is 8. The number of pyridine rings is 2. The Labute approximate surface area is 263 Å². The molecule has 2 aromatic heterocycles. The van der Waals surface area contributed by atoms with Crippen LogP contribution in [0.3, 0.4) is 0 Å². The van der Waals surface area contributed by atoms with Crippen LogP contribution in [0.2, 0.25) is 0 Å². The minimum absolute atomic E-state index is 0.187. The van der Waals surface area contributed by atoms with Crippen LogP contribution in [0, 0.1) is 29.6 Å². The molecular formula is C36H35N7O2. The summed E-state index contributed by atoms with van der Waals surface area (Å²) in [4.78, 5) is 28.2. The third kappa shape index (κ3) is 5.90. The Hall–Kier alpha value is -5.41. The summed E-state index contributed by atoms with van der Waals surface area (Å²) < 4.78 is 6.26. The standard InChI is InChI=1S/C36H35N7O2/c1-3-33(44)43-20-19-42(23-28(43)13-16-37)35-29-14-18-41(32-12-7-10-26-9-6-8-25(2)34(26)32)24-31(29)40-36(30(35)22-38)45-21-15-27-11-4-5-17-39-27/h3-12,17,28H,1,13-15,18-21,23-24H2,2H3. The van der Waals surface area contributed by atoms with E-state index >= 15 is 0 Å². The first kappa shape index (κ1) is 29.7. The average Bonchev–Trinajstić information content (AvgIpc) is 3.07. The lowest BCUT2D eigenvalue weighted by Crippen LogP contribution is -2.55. The third-order valence-corrected chi connectivity index (χ3v) is 8.74. The third-order valence-electron chi connectivity index (χ3n) is 8.74. The molecule has 6 rings (SSSR count). The highest BCUT2D eigenvalue weighted by Crippen LogP contribution is 2.40. The van der Waals surface area contributed by atoms with E-state index in [1.54, 1.807) is 11.1 Å². The molecule has 9 nitrogen and oxygen atoms in total. The molecule has 1 unspecified atom stereocenters. The normalized spacial score (nSPS) is 16.1. The number of hydrogen-bond donors (Lipinski definition) is 0. The maximum Gasteiger partial charge on any atom is 0.246 e. The number of amides is 1. The van der Waals surface area contributed by atoms with Gasteiger partial charge in [0.2, 0.25) is 11.8 Å². The van der Waals surface area contributed by atoms with E-state index in [9.17, 15) is 15.3 Å². The van der Waals surface area contributed by atoms with E-state index in [1.807, 2.05) is 18.2 Å². The van der Waals surface area contributed by atoms with Crippen molar-refractivity contribution in [3.8, 4) is 18.0 Å². The maximum atomic E-state index is 12.6. The smallest absolute Gasteiger partial charge is 0.246 e. The number of aromatic nitrogens is 2. The van der Waals surface area contributed by atoms with Gasteiger partial charge in [0.1, 0.15) is 11.6 Å². The average molecular weight is 598 g/mol. The molecule has 0 N–H and O–H groups in total. The van der Waals surface area contributed by atoms with E-state index in [-0.39, 0.29) is 18.4 Å². The molecule has 4 aromatic rings. The number of carbonyl (C=O) groups excluding carboxylic acids is 1. The minimum Gasteiger partial charge on any atom is -0.476 e. The summed E-state index contributed by atoms with van der Waals surface area (Å²) >= 11 is 0. The van der Waals surface area contributed by atoms with Crippen molar-refractivity contribution in [2.24, 2.45) is 0 Å². The van der Waals surface area contributed by atoms with Gasteiger partial charge in [-0.25, -0.2) is 4.98 Å². The highest BCUT2D eigenvalue weighted by molar-refractivity contribution is 5.97. The second-order valence-corrected chi connectivity index (χ2v) is 11.4. The summed E-state index contributed by atoms with van der Waals surface area (Å²) in [5.41, 5.74) is 6.37. The lowest BCUT2D eigenvalue weighted by atomic mass is 9.95. The fourth-order valence-corrected chi connectivity index (χ4v) is 6.61. The summed E-state index contributed by atoms with van der Waals surface area (Å²) in [6.45, 7) is 8.81. The number of rotatable bonds is 8. The number of aryl methyl sites for hydroxylation is 1. The molecule has 1 fully saturated rings. The molecule has 0 radical (unpaired) electrons. The van der Waals surface area contributed by atoms with Crippen molar-refractivity contribution in [1.29, 1.82) is 10.5 Å². The van der Waals surface area contributed by atoms with Gasteiger partial charge in [0, 0.05) is 61.1 Å². The van der Waals surface area contributed by atoms with Crippen LogP contribution in [0.1, 0.15) is 34.5 Å². The van der Waals surface area contributed by atoms with Crippen LogP contribution in [0.15, 0.2) is 73.4 Å². The first-order chi connectivity index (χ1) is 22.0. The zero-order valence-electron chi connectivity index (χ0n) is 25.4. The first-order valence-corrected chi connectivity index (χ1v) is 15.3. The van der Waals surface area contributed by atoms with Gasteiger partial charge in [-0.1, -0.05) is 43.0 Å². The number of nitrogens with zero attached hydrogens (tertiary/aromatic N) is 7. The fraction of sp³-hybridized carbons (Fsp3) is 0.306. The van der Waals surface area contributed by atoms with Crippen LogP contribution in [0.5, 0.6) is 5.88 Å². The Morgan fingerprint density at radius 1 is 1.09 bits per heavy atom.